The standard InChI is InChI=1S/C15H10F3N3O/c1-9(22)11-8-19-21-13(15(16,17)18)7-12(20-14(11)21)10-5-3-2-4-6-10/h2-8H,1H3. The summed E-state index contributed by atoms with van der Waals surface area (Å²) in [5.74, 6) is -0.388. The van der Waals surface area contributed by atoms with Crippen LogP contribution in [0, 0.1) is 0 Å². The fraction of sp³-hybridized carbons (Fsp3) is 0.133. The minimum atomic E-state index is -4.61. The van der Waals surface area contributed by atoms with E-state index in [1.54, 1.807) is 30.3 Å². The van der Waals surface area contributed by atoms with Crippen molar-refractivity contribution in [1.82, 2.24) is 14.6 Å². The average Bonchev–Trinajstić information content (AvgIpc) is 2.90. The number of fused-ring (bicyclic) bond motifs is 1. The van der Waals surface area contributed by atoms with Gasteiger partial charge in [-0.1, -0.05) is 30.3 Å². The van der Waals surface area contributed by atoms with E-state index in [0.29, 0.717) is 10.1 Å². The highest BCUT2D eigenvalue weighted by atomic mass is 19.4. The molecule has 0 fully saturated rings. The zero-order valence-electron chi connectivity index (χ0n) is 11.4. The summed E-state index contributed by atoms with van der Waals surface area (Å²) in [4.78, 5) is 15.7. The Labute approximate surface area is 123 Å². The summed E-state index contributed by atoms with van der Waals surface area (Å²) in [5.41, 5.74) is -0.331. The molecule has 0 bridgehead atoms. The summed E-state index contributed by atoms with van der Waals surface area (Å²) >= 11 is 0. The number of halogens is 3. The van der Waals surface area contributed by atoms with Gasteiger partial charge in [-0.2, -0.15) is 18.3 Å². The monoisotopic (exact) mass is 305 g/mol. The molecule has 0 saturated heterocycles. The van der Waals surface area contributed by atoms with Crippen molar-refractivity contribution in [3.8, 4) is 11.3 Å². The van der Waals surface area contributed by atoms with Gasteiger partial charge in [-0.05, 0) is 13.0 Å². The van der Waals surface area contributed by atoms with Crippen molar-refractivity contribution in [2.75, 3.05) is 0 Å². The van der Waals surface area contributed by atoms with E-state index in [2.05, 4.69) is 10.1 Å². The molecule has 3 rings (SSSR count). The van der Waals surface area contributed by atoms with Crippen LogP contribution in [0.5, 0.6) is 0 Å². The van der Waals surface area contributed by atoms with Crippen molar-refractivity contribution >= 4 is 11.4 Å². The number of hydrogen-bond acceptors (Lipinski definition) is 3. The highest BCUT2D eigenvalue weighted by molar-refractivity contribution is 5.99. The summed E-state index contributed by atoms with van der Waals surface area (Å²) in [6.45, 7) is 1.27. The first-order valence-corrected chi connectivity index (χ1v) is 6.40. The predicted octanol–water partition coefficient (Wildman–Crippen LogP) is 3.62. The van der Waals surface area contributed by atoms with Crippen molar-refractivity contribution in [3.63, 3.8) is 0 Å². The molecule has 0 spiro atoms. The molecule has 0 aliphatic heterocycles. The van der Waals surface area contributed by atoms with Gasteiger partial charge in [0.15, 0.2) is 17.1 Å². The molecule has 2 aromatic heterocycles. The molecule has 7 heteroatoms. The van der Waals surface area contributed by atoms with E-state index in [9.17, 15) is 18.0 Å². The van der Waals surface area contributed by atoms with Crippen molar-refractivity contribution in [3.05, 3.63) is 53.9 Å². The highest BCUT2D eigenvalue weighted by Crippen LogP contribution is 2.32. The lowest BCUT2D eigenvalue weighted by Crippen LogP contribution is -2.14. The van der Waals surface area contributed by atoms with Crippen LogP contribution in [-0.2, 0) is 6.18 Å². The summed E-state index contributed by atoms with van der Waals surface area (Å²) in [7, 11) is 0. The lowest BCUT2D eigenvalue weighted by atomic mass is 10.1. The van der Waals surface area contributed by atoms with E-state index in [4.69, 9.17) is 0 Å². The number of hydrogen-bond donors (Lipinski definition) is 0. The molecule has 0 amide bonds. The van der Waals surface area contributed by atoms with Crippen LogP contribution in [0.4, 0.5) is 13.2 Å². The number of aromatic nitrogens is 3. The molecule has 0 radical (unpaired) electrons. The minimum Gasteiger partial charge on any atom is -0.294 e. The highest BCUT2D eigenvalue weighted by Gasteiger charge is 2.35. The van der Waals surface area contributed by atoms with Crippen molar-refractivity contribution in [2.45, 2.75) is 13.1 Å². The van der Waals surface area contributed by atoms with Gasteiger partial charge >= 0.3 is 6.18 Å². The largest absolute Gasteiger partial charge is 0.433 e. The third-order valence-corrected chi connectivity index (χ3v) is 3.21. The normalized spacial score (nSPS) is 11.8. The van der Waals surface area contributed by atoms with Crippen LogP contribution in [0.25, 0.3) is 16.9 Å². The molecular formula is C15H10F3N3O. The predicted molar refractivity (Wildman–Crippen MR) is 73.4 cm³/mol. The maximum Gasteiger partial charge on any atom is 0.433 e. The molecule has 0 aliphatic rings. The van der Waals surface area contributed by atoms with Crippen LogP contribution in [0.15, 0.2) is 42.6 Å². The Bertz CT molecular complexity index is 854. The Balaban J connectivity index is 2.36. The molecular weight excluding hydrogens is 295 g/mol. The molecule has 112 valence electrons. The molecule has 2 heterocycles. The maximum atomic E-state index is 13.3. The molecule has 0 aliphatic carbocycles. The average molecular weight is 305 g/mol. The topological polar surface area (TPSA) is 47.3 Å². The molecule has 0 atom stereocenters. The third-order valence-electron chi connectivity index (χ3n) is 3.21. The molecule has 22 heavy (non-hydrogen) atoms. The summed E-state index contributed by atoms with van der Waals surface area (Å²) in [5, 5.41) is 3.65. The molecule has 4 nitrogen and oxygen atoms in total. The van der Waals surface area contributed by atoms with E-state index in [0.717, 1.165) is 12.3 Å². The van der Waals surface area contributed by atoms with Gasteiger partial charge in [0.2, 0.25) is 0 Å². The van der Waals surface area contributed by atoms with E-state index in [-0.39, 0.29) is 22.7 Å². The number of ketones is 1. The molecule has 3 aromatic rings. The quantitative estimate of drug-likeness (QED) is 0.679. The number of carbonyl (C=O) groups is 1. The first kappa shape index (κ1) is 14.2. The first-order valence-electron chi connectivity index (χ1n) is 6.40. The molecule has 0 unspecified atom stereocenters. The zero-order chi connectivity index (χ0) is 15.9. The van der Waals surface area contributed by atoms with Crippen molar-refractivity contribution in [2.24, 2.45) is 0 Å². The van der Waals surface area contributed by atoms with Gasteiger partial charge in [-0.25, -0.2) is 9.50 Å². The Morgan fingerprint density at radius 2 is 1.86 bits per heavy atom. The molecule has 0 N–H and O–H groups in total. The number of nitrogens with zero attached hydrogens (tertiary/aromatic N) is 3. The van der Waals surface area contributed by atoms with Gasteiger partial charge in [0.1, 0.15) is 0 Å². The van der Waals surface area contributed by atoms with Crippen molar-refractivity contribution < 1.29 is 18.0 Å². The SMILES string of the molecule is CC(=O)c1cnn2c(C(F)(F)F)cc(-c3ccccc3)nc12. The second-order valence-corrected chi connectivity index (χ2v) is 4.74. The van der Waals surface area contributed by atoms with E-state index in [1.807, 2.05) is 0 Å². The Hall–Kier alpha value is -2.70. The Morgan fingerprint density at radius 3 is 2.45 bits per heavy atom. The first-order chi connectivity index (χ1) is 10.4. The maximum absolute atomic E-state index is 13.3. The van der Waals surface area contributed by atoms with Crippen LogP contribution >= 0.6 is 0 Å². The summed E-state index contributed by atoms with van der Waals surface area (Å²) in [6, 6.07) is 9.41. The van der Waals surface area contributed by atoms with Crippen LogP contribution in [0.2, 0.25) is 0 Å². The van der Waals surface area contributed by atoms with Gasteiger partial charge in [0.05, 0.1) is 17.5 Å². The number of rotatable bonds is 2. The van der Waals surface area contributed by atoms with Crippen LogP contribution in [-0.4, -0.2) is 20.4 Å². The summed E-state index contributed by atoms with van der Waals surface area (Å²) < 4.78 is 40.4. The number of benzene rings is 1. The van der Waals surface area contributed by atoms with Gasteiger partial charge in [0, 0.05) is 5.56 Å². The Kier molecular flexibility index (Phi) is 3.20. The van der Waals surface area contributed by atoms with E-state index in [1.165, 1.54) is 6.92 Å². The minimum absolute atomic E-state index is 0.0586. The number of alkyl halides is 3. The summed E-state index contributed by atoms with van der Waals surface area (Å²) in [6.07, 6.45) is -3.50. The van der Waals surface area contributed by atoms with E-state index < -0.39 is 11.9 Å². The fourth-order valence-corrected chi connectivity index (χ4v) is 2.17. The fourth-order valence-electron chi connectivity index (χ4n) is 2.17. The van der Waals surface area contributed by atoms with Crippen LogP contribution in [0.3, 0.4) is 0 Å². The number of Topliss-reactive ketones (excluding diaryl/α,β-unsaturated/α-hetero) is 1. The molecule has 1 aromatic carbocycles. The second kappa shape index (κ2) is 4.94. The van der Waals surface area contributed by atoms with Crippen LogP contribution in [0.1, 0.15) is 23.0 Å². The Morgan fingerprint density at radius 1 is 1.18 bits per heavy atom. The van der Waals surface area contributed by atoms with Crippen LogP contribution < -0.4 is 0 Å². The van der Waals surface area contributed by atoms with Gasteiger partial charge in [0.25, 0.3) is 0 Å². The van der Waals surface area contributed by atoms with Gasteiger partial charge in [-0.3, -0.25) is 4.79 Å². The smallest absolute Gasteiger partial charge is 0.294 e. The van der Waals surface area contributed by atoms with Gasteiger partial charge < -0.3 is 0 Å². The zero-order valence-corrected chi connectivity index (χ0v) is 11.4. The number of carbonyl (C=O) groups excluding carboxylic acids is 1. The molecule has 0 saturated carbocycles. The van der Waals surface area contributed by atoms with Crippen molar-refractivity contribution in [1.29, 1.82) is 0 Å². The second-order valence-electron chi connectivity index (χ2n) is 4.74. The lowest BCUT2D eigenvalue weighted by molar-refractivity contribution is -0.142. The van der Waals surface area contributed by atoms with Gasteiger partial charge in [-0.15, -0.1) is 0 Å². The van der Waals surface area contributed by atoms with E-state index >= 15 is 0 Å². The third kappa shape index (κ3) is 2.34. The lowest BCUT2D eigenvalue weighted by Gasteiger charge is -2.11.